The van der Waals surface area contributed by atoms with Crippen molar-refractivity contribution in [2.75, 3.05) is 12.9 Å². The van der Waals surface area contributed by atoms with Gasteiger partial charge in [0.15, 0.2) is 17.1 Å². The van der Waals surface area contributed by atoms with Gasteiger partial charge >= 0.3 is 0 Å². The molecule has 4 rings (SSSR count). The molecule has 0 unspecified atom stereocenters. The molecule has 2 aromatic rings. The van der Waals surface area contributed by atoms with Gasteiger partial charge in [0.1, 0.15) is 0 Å². The van der Waals surface area contributed by atoms with Gasteiger partial charge in [0.25, 0.3) is 11.1 Å². The molecule has 2 aliphatic rings. The second-order valence-electron chi connectivity index (χ2n) is 6.74. The summed E-state index contributed by atoms with van der Waals surface area (Å²) in [4.78, 5) is 38.3. The van der Waals surface area contributed by atoms with Crippen molar-refractivity contribution >= 4 is 39.8 Å². The van der Waals surface area contributed by atoms with Crippen LogP contribution in [0.25, 0.3) is 11.0 Å². The van der Waals surface area contributed by atoms with E-state index in [2.05, 4.69) is 5.32 Å². The van der Waals surface area contributed by atoms with E-state index < -0.39 is 0 Å². The minimum absolute atomic E-state index is 0.176. The topological polar surface area (TPSA) is 88.9 Å². The van der Waals surface area contributed by atoms with Crippen molar-refractivity contribution in [2.24, 2.45) is 0 Å². The maximum atomic E-state index is 12.8. The van der Waals surface area contributed by atoms with Crippen molar-refractivity contribution < 1.29 is 23.5 Å². The summed E-state index contributed by atoms with van der Waals surface area (Å²) in [5, 5.41) is 3.53. The summed E-state index contributed by atoms with van der Waals surface area (Å²) in [5.41, 5.74) is 0.520. The lowest BCUT2D eigenvalue weighted by molar-refractivity contribution is -0.127. The van der Waals surface area contributed by atoms with Crippen LogP contribution in [0.2, 0.25) is 0 Å². The minimum Gasteiger partial charge on any atom is -0.493 e. The van der Waals surface area contributed by atoms with Gasteiger partial charge < -0.3 is 14.5 Å². The Morgan fingerprint density at radius 3 is 2.85 bits per heavy atom. The van der Waals surface area contributed by atoms with Crippen LogP contribution < -0.4 is 10.1 Å². The highest BCUT2D eigenvalue weighted by Crippen LogP contribution is 2.31. The highest BCUT2D eigenvalue weighted by molar-refractivity contribution is 8.14. The first-order chi connectivity index (χ1) is 13.1. The van der Waals surface area contributed by atoms with Crippen LogP contribution in [0.4, 0.5) is 4.79 Å². The number of ether oxygens (including phenoxy) is 1. The standard InChI is InChI=1S/C19H20N2O5S/c1-25-14-8-4-5-11-9-15(26-17(11)14)18(23)20-12-6-2-3-7-13(12)21-16(22)10-27-19(21)24/h4-5,8-9,12-13H,2-3,6-7,10H2,1H3,(H,20,23)/t12-,13-/m0/s1. The molecule has 0 bridgehead atoms. The number of amides is 3. The largest absolute Gasteiger partial charge is 0.493 e. The number of rotatable bonds is 4. The molecule has 1 saturated heterocycles. The molecular weight excluding hydrogens is 368 g/mol. The summed E-state index contributed by atoms with van der Waals surface area (Å²) in [6.45, 7) is 0. The second kappa shape index (κ2) is 7.26. The predicted octanol–water partition coefficient (Wildman–Crippen LogP) is 3.18. The molecule has 1 aromatic carbocycles. The first-order valence-electron chi connectivity index (χ1n) is 8.94. The molecule has 3 amide bonds. The molecule has 1 aromatic heterocycles. The van der Waals surface area contributed by atoms with Gasteiger partial charge in [-0.15, -0.1) is 0 Å². The van der Waals surface area contributed by atoms with E-state index >= 15 is 0 Å². The fraction of sp³-hybridized carbons (Fsp3) is 0.421. The smallest absolute Gasteiger partial charge is 0.289 e. The number of para-hydroxylation sites is 1. The third kappa shape index (κ3) is 3.29. The summed E-state index contributed by atoms with van der Waals surface area (Å²) >= 11 is 1.02. The molecule has 1 saturated carbocycles. The Hall–Kier alpha value is -2.48. The summed E-state index contributed by atoms with van der Waals surface area (Å²) in [5.74, 6) is 0.403. The molecule has 1 aliphatic carbocycles. The van der Waals surface area contributed by atoms with Crippen LogP contribution in [0.3, 0.4) is 0 Å². The van der Waals surface area contributed by atoms with E-state index in [0.717, 1.165) is 36.4 Å². The first kappa shape index (κ1) is 17.9. The minimum atomic E-state index is -0.350. The maximum absolute atomic E-state index is 12.8. The van der Waals surface area contributed by atoms with Crippen molar-refractivity contribution in [3.05, 3.63) is 30.0 Å². The number of imide groups is 1. The molecule has 2 atom stereocenters. The monoisotopic (exact) mass is 388 g/mol. The molecule has 2 fully saturated rings. The molecule has 0 spiro atoms. The Balaban J connectivity index is 1.55. The van der Waals surface area contributed by atoms with E-state index in [-0.39, 0.29) is 40.7 Å². The van der Waals surface area contributed by atoms with E-state index in [1.807, 2.05) is 12.1 Å². The number of methoxy groups -OCH3 is 1. The van der Waals surface area contributed by atoms with Gasteiger partial charge in [-0.25, -0.2) is 0 Å². The highest BCUT2D eigenvalue weighted by Gasteiger charge is 2.41. The van der Waals surface area contributed by atoms with Crippen molar-refractivity contribution in [2.45, 2.75) is 37.8 Å². The summed E-state index contributed by atoms with van der Waals surface area (Å²) < 4.78 is 11.0. The average molecular weight is 388 g/mol. The second-order valence-corrected chi connectivity index (χ2v) is 7.67. The Morgan fingerprint density at radius 1 is 1.30 bits per heavy atom. The number of benzene rings is 1. The molecule has 142 valence electrons. The van der Waals surface area contributed by atoms with Crippen LogP contribution >= 0.6 is 11.8 Å². The van der Waals surface area contributed by atoms with Crippen LogP contribution in [-0.2, 0) is 4.79 Å². The Bertz CT molecular complexity index is 893. The number of furan rings is 1. The number of nitrogens with one attached hydrogen (secondary N) is 1. The van der Waals surface area contributed by atoms with Crippen molar-refractivity contribution in [3.63, 3.8) is 0 Å². The zero-order chi connectivity index (χ0) is 19.0. The van der Waals surface area contributed by atoms with Gasteiger partial charge in [-0.05, 0) is 25.0 Å². The number of carbonyl (C=O) groups is 3. The molecule has 2 heterocycles. The molecule has 27 heavy (non-hydrogen) atoms. The lowest BCUT2D eigenvalue weighted by atomic mass is 9.89. The Kier molecular flexibility index (Phi) is 4.82. The van der Waals surface area contributed by atoms with Crippen LogP contribution in [0.5, 0.6) is 5.75 Å². The predicted molar refractivity (Wildman–Crippen MR) is 101 cm³/mol. The zero-order valence-electron chi connectivity index (χ0n) is 14.9. The van der Waals surface area contributed by atoms with Gasteiger partial charge in [-0.1, -0.05) is 36.7 Å². The van der Waals surface area contributed by atoms with E-state index in [0.29, 0.717) is 17.8 Å². The maximum Gasteiger partial charge on any atom is 0.289 e. The van der Waals surface area contributed by atoms with Crippen LogP contribution in [0.1, 0.15) is 36.2 Å². The van der Waals surface area contributed by atoms with Crippen LogP contribution in [-0.4, -0.2) is 46.9 Å². The van der Waals surface area contributed by atoms with Gasteiger partial charge in [0.2, 0.25) is 5.91 Å². The van der Waals surface area contributed by atoms with Gasteiger partial charge in [-0.3, -0.25) is 19.3 Å². The number of hydrogen-bond acceptors (Lipinski definition) is 6. The molecule has 8 heteroatoms. The fourth-order valence-corrected chi connectivity index (χ4v) is 4.58. The quantitative estimate of drug-likeness (QED) is 0.865. The fourth-order valence-electron chi connectivity index (χ4n) is 3.82. The Labute approximate surface area is 160 Å². The molecular formula is C19H20N2O5S. The first-order valence-corrected chi connectivity index (χ1v) is 9.93. The normalized spacial score (nSPS) is 23.1. The number of thioether (sulfide) groups is 1. The zero-order valence-corrected chi connectivity index (χ0v) is 15.7. The summed E-state index contributed by atoms with van der Waals surface area (Å²) in [6, 6.07) is 6.56. The molecule has 1 N–H and O–H groups in total. The van der Waals surface area contributed by atoms with E-state index in [9.17, 15) is 14.4 Å². The van der Waals surface area contributed by atoms with Crippen molar-refractivity contribution in [3.8, 4) is 5.75 Å². The number of nitrogens with zero attached hydrogens (tertiary/aromatic N) is 1. The third-order valence-electron chi connectivity index (χ3n) is 5.11. The van der Waals surface area contributed by atoms with E-state index in [1.54, 1.807) is 19.2 Å². The average Bonchev–Trinajstić information content (AvgIpc) is 3.25. The lowest BCUT2D eigenvalue weighted by Gasteiger charge is -2.36. The van der Waals surface area contributed by atoms with Gasteiger partial charge in [-0.2, -0.15) is 0 Å². The van der Waals surface area contributed by atoms with Crippen LogP contribution in [0, 0.1) is 0 Å². The van der Waals surface area contributed by atoms with E-state index in [1.165, 1.54) is 4.90 Å². The van der Waals surface area contributed by atoms with Crippen LogP contribution in [0.15, 0.2) is 28.7 Å². The van der Waals surface area contributed by atoms with Crippen molar-refractivity contribution in [1.29, 1.82) is 0 Å². The van der Waals surface area contributed by atoms with Gasteiger partial charge in [0, 0.05) is 5.39 Å². The number of carbonyl (C=O) groups excluding carboxylic acids is 3. The lowest BCUT2D eigenvalue weighted by Crippen LogP contribution is -2.54. The number of hydrogen-bond donors (Lipinski definition) is 1. The Morgan fingerprint density at radius 2 is 2.11 bits per heavy atom. The van der Waals surface area contributed by atoms with Crippen molar-refractivity contribution in [1.82, 2.24) is 10.2 Å². The molecule has 0 radical (unpaired) electrons. The highest BCUT2D eigenvalue weighted by atomic mass is 32.2. The number of fused-ring (bicyclic) bond motifs is 1. The SMILES string of the molecule is COc1cccc2cc(C(=O)N[C@H]3CCCC[C@@H]3N3C(=O)CSC3=O)oc12. The van der Waals surface area contributed by atoms with E-state index in [4.69, 9.17) is 9.15 Å². The summed E-state index contributed by atoms with van der Waals surface area (Å²) in [6.07, 6.45) is 3.30. The summed E-state index contributed by atoms with van der Waals surface area (Å²) in [7, 11) is 1.55. The molecule has 1 aliphatic heterocycles. The third-order valence-corrected chi connectivity index (χ3v) is 5.95. The molecule has 7 nitrogen and oxygen atoms in total. The van der Waals surface area contributed by atoms with Gasteiger partial charge in [0.05, 0.1) is 24.9 Å².